The Hall–Kier alpha value is -2.81. The third-order valence-corrected chi connectivity index (χ3v) is 13.9. The van der Waals surface area contributed by atoms with Gasteiger partial charge in [-0.15, -0.1) is 0 Å². The van der Waals surface area contributed by atoms with Crippen LogP contribution in [0.25, 0.3) is 0 Å². The van der Waals surface area contributed by atoms with Gasteiger partial charge in [0.1, 0.15) is 19.8 Å². The molecule has 2 unspecified atom stereocenters. The fourth-order valence-electron chi connectivity index (χ4n) is 8.29. The minimum Gasteiger partial charge on any atom is -0.462 e. The molecule has 2 atom stereocenters. The van der Waals surface area contributed by atoms with Gasteiger partial charge in [-0.3, -0.25) is 18.6 Å². The molecule has 0 spiro atoms. The fraction of sp³-hybridized carbons (Fsp3) is 0.750. The van der Waals surface area contributed by atoms with Crippen molar-refractivity contribution < 1.29 is 42.1 Å². The molecule has 10 heteroatoms. The Morgan fingerprint density at radius 3 is 1.15 bits per heavy atom. The highest BCUT2D eigenvalue weighted by Gasteiger charge is 2.27. The van der Waals surface area contributed by atoms with Crippen molar-refractivity contribution in [3.63, 3.8) is 0 Å². The van der Waals surface area contributed by atoms with Crippen molar-refractivity contribution >= 4 is 19.8 Å². The average molecular weight is 1060 g/mol. The molecular formula is C64H115NO8P+. The number of rotatable bonds is 55. The summed E-state index contributed by atoms with van der Waals surface area (Å²) in [5.41, 5.74) is 0. The lowest BCUT2D eigenvalue weighted by Crippen LogP contribution is -2.37. The molecule has 0 amide bonds. The zero-order valence-corrected chi connectivity index (χ0v) is 49.5. The van der Waals surface area contributed by atoms with E-state index in [1.165, 1.54) is 135 Å². The number of unbranched alkanes of at least 4 members (excludes halogenated alkanes) is 27. The molecule has 9 nitrogen and oxygen atoms in total. The Morgan fingerprint density at radius 1 is 0.432 bits per heavy atom. The number of esters is 2. The normalized spacial score (nSPS) is 13.9. The summed E-state index contributed by atoms with van der Waals surface area (Å²) in [7, 11) is 1.48. The molecule has 428 valence electrons. The number of allylic oxidation sites excluding steroid dienone is 14. The summed E-state index contributed by atoms with van der Waals surface area (Å²) >= 11 is 0. The fourth-order valence-corrected chi connectivity index (χ4v) is 9.03. The van der Waals surface area contributed by atoms with E-state index in [4.69, 9.17) is 18.5 Å². The molecule has 0 aliphatic rings. The summed E-state index contributed by atoms with van der Waals surface area (Å²) in [6.45, 7) is 4.34. The van der Waals surface area contributed by atoms with Crippen LogP contribution in [0.5, 0.6) is 0 Å². The van der Waals surface area contributed by atoms with Gasteiger partial charge in [-0.2, -0.15) is 0 Å². The molecule has 0 saturated carbocycles. The van der Waals surface area contributed by atoms with E-state index in [0.29, 0.717) is 17.4 Å². The molecule has 0 aliphatic carbocycles. The van der Waals surface area contributed by atoms with E-state index in [2.05, 4.69) is 98.9 Å². The van der Waals surface area contributed by atoms with Gasteiger partial charge in [0.05, 0.1) is 27.7 Å². The lowest BCUT2D eigenvalue weighted by molar-refractivity contribution is -0.870. The van der Waals surface area contributed by atoms with Crippen LogP contribution in [0.15, 0.2) is 85.1 Å². The van der Waals surface area contributed by atoms with Crippen molar-refractivity contribution in [3.8, 4) is 0 Å². The average Bonchev–Trinajstić information content (AvgIpc) is 3.36. The molecule has 0 aromatic heterocycles. The van der Waals surface area contributed by atoms with Crippen molar-refractivity contribution in [2.75, 3.05) is 47.5 Å². The van der Waals surface area contributed by atoms with Crippen LogP contribution >= 0.6 is 7.82 Å². The first-order chi connectivity index (χ1) is 36.0. The minimum absolute atomic E-state index is 0.0296. The largest absolute Gasteiger partial charge is 0.472 e. The van der Waals surface area contributed by atoms with Gasteiger partial charge < -0.3 is 18.9 Å². The molecule has 0 aromatic rings. The molecular weight excluding hydrogens is 942 g/mol. The minimum atomic E-state index is -4.39. The van der Waals surface area contributed by atoms with Crippen LogP contribution in [0.3, 0.4) is 0 Å². The van der Waals surface area contributed by atoms with Crippen LogP contribution in [0, 0.1) is 0 Å². The van der Waals surface area contributed by atoms with Crippen LogP contribution in [0.4, 0.5) is 0 Å². The van der Waals surface area contributed by atoms with Gasteiger partial charge in [0, 0.05) is 12.8 Å². The number of nitrogens with zero attached hydrogens (tertiary/aromatic N) is 1. The second kappa shape index (κ2) is 55.0. The summed E-state index contributed by atoms with van der Waals surface area (Å²) < 4.78 is 34.6. The summed E-state index contributed by atoms with van der Waals surface area (Å²) in [5, 5.41) is 0. The maximum atomic E-state index is 12.8. The van der Waals surface area contributed by atoms with Gasteiger partial charge in [0.2, 0.25) is 0 Å². The van der Waals surface area contributed by atoms with Gasteiger partial charge in [0.15, 0.2) is 6.10 Å². The van der Waals surface area contributed by atoms with Crippen LogP contribution in [0.1, 0.15) is 258 Å². The maximum Gasteiger partial charge on any atom is 0.472 e. The molecule has 0 aliphatic heterocycles. The maximum absolute atomic E-state index is 12.8. The smallest absolute Gasteiger partial charge is 0.462 e. The second-order valence-corrected chi connectivity index (χ2v) is 22.8. The molecule has 0 radical (unpaired) electrons. The number of phosphoric ester groups is 1. The van der Waals surface area contributed by atoms with Crippen molar-refractivity contribution in [2.24, 2.45) is 0 Å². The number of ether oxygens (including phenoxy) is 2. The Kier molecular flexibility index (Phi) is 52.9. The number of hydrogen-bond donors (Lipinski definition) is 1. The van der Waals surface area contributed by atoms with Crippen LogP contribution in [-0.2, 0) is 32.7 Å². The predicted molar refractivity (Wildman–Crippen MR) is 316 cm³/mol. The SMILES string of the molecule is CC/C=C\C/C=C\C/C=C\C/C=C\C/C=C\C/C=C\C/C=C\CCCCCCCCCCCCCC(=O)OC(COC(=O)CCCCCCCCCCCCCCCCCCC)COP(=O)(O)OCC[N+](C)(C)C. The summed E-state index contributed by atoms with van der Waals surface area (Å²) in [6, 6.07) is 0. The molecule has 0 bridgehead atoms. The lowest BCUT2D eigenvalue weighted by Gasteiger charge is -2.24. The van der Waals surface area contributed by atoms with Gasteiger partial charge in [-0.1, -0.05) is 259 Å². The third-order valence-electron chi connectivity index (χ3n) is 12.9. The standard InChI is InChI=1S/C64H114NO8P/c1-6-8-10-12-14-16-18-20-22-24-25-26-27-28-29-30-31-32-33-34-35-36-37-38-39-41-43-45-47-49-51-53-55-57-64(67)73-62(61-72-74(68,69)71-59-58-65(3,4)5)60-70-63(66)56-54-52-50-48-46-44-42-40-23-21-19-17-15-13-11-9-7-2/h8,10,14,16,20,22,25-26,28-29,31-32,34-35,62H,6-7,9,11-13,15,17-19,21,23-24,27,30,33,36-61H2,1-5H3/p+1/b10-8-,16-14-,22-20-,26-25-,29-28-,32-31-,35-34-. The molecule has 0 heterocycles. The number of carbonyl (C=O) groups excluding carboxylic acids is 2. The van der Waals surface area contributed by atoms with Gasteiger partial charge >= 0.3 is 19.8 Å². The van der Waals surface area contributed by atoms with Crippen molar-refractivity contribution in [1.82, 2.24) is 0 Å². The van der Waals surface area contributed by atoms with E-state index in [1.54, 1.807) is 0 Å². The van der Waals surface area contributed by atoms with E-state index in [-0.39, 0.29) is 32.0 Å². The number of quaternary nitrogens is 1. The number of hydrogen-bond acceptors (Lipinski definition) is 7. The lowest BCUT2D eigenvalue weighted by atomic mass is 10.0. The number of likely N-dealkylation sites (N-methyl/N-ethyl adjacent to an activating group) is 1. The second-order valence-electron chi connectivity index (χ2n) is 21.4. The zero-order valence-electron chi connectivity index (χ0n) is 48.6. The monoisotopic (exact) mass is 1060 g/mol. The first-order valence-electron chi connectivity index (χ1n) is 30.3. The Morgan fingerprint density at radius 2 is 0.770 bits per heavy atom. The molecule has 74 heavy (non-hydrogen) atoms. The van der Waals surface area contributed by atoms with Crippen molar-refractivity contribution in [3.05, 3.63) is 85.1 Å². The first-order valence-corrected chi connectivity index (χ1v) is 31.8. The molecule has 0 saturated heterocycles. The summed E-state index contributed by atoms with van der Waals surface area (Å²) in [6.07, 6.45) is 73.7. The highest BCUT2D eigenvalue weighted by Crippen LogP contribution is 2.43. The Balaban J connectivity index is 4.12. The van der Waals surface area contributed by atoms with Crippen LogP contribution < -0.4 is 0 Å². The summed E-state index contributed by atoms with van der Waals surface area (Å²) in [4.78, 5) is 35.7. The summed E-state index contributed by atoms with van der Waals surface area (Å²) in [5.74, 6) is -0.795. The van der Waals surface area contributed by atoms with Crippen molar-refractivity contribution in [2.45, 2.75) is 264 Å². The predicted octanol–water partition coefficient (Wildman–Crippen LogP) is 19.0. The number of phosphoric acid groups is 1. The van der Waals surface area contributed by atoms with E-state index < -0.39 is 26.5 Å². The van der Waals surface area contributed by atoms with Crippen molar-refractivity contribution in [1.29, 1.82) is 0 Å². The Labute approximate surface area is 456 Å². The topological polar surface area (TPSA) is 108 Å². The van der Waals surface area contributed by atoms with Gasteiger partial charge in [-0.05, 0) is 70.6 Å². The van der Waals surface area contributed by atoms with E-state index in [9.17, 15) is 19.0 Å². The highest BCUT2D eigenvalue weighted by molar-refractivity contribution is 7.47. The van der Waals surface area contributed by atoms with E-state index >= 15 is 0 Å². The van der Waals surface area contributed by atoms with Gasteiger partial charge in [-0.25, -0.2) is 4.57 Å². The zero-order chi connectivity index (χ0) is 54.2. The Bertz CT molecular complexity index is 1520. The van der Waals surface area contributed by atoms with Crippen LogP contribution in [0.2, 0.25) is 0 Å². The van der Waals surface area contributed by atoms with E-state index in [1.807, 2.05) is 21.1 Å². The highest BCUT2D eigenvalue weighted by atomic mass is 31.2. The van der Waals surface area contributed by atoms with Crippen LogP contribution in [-0.4, -0.2) is 74.9 Å². The molecule has 0 fully saturated rings. The number of carbonyl (C=O) groups is 2. The quantitative estimate of drug-likeness (QED) is 0.0211. The molecule has 0 rings (SSSR count). The first kappa shape index (κ1) is 71.2. The molecule has 0 aromatic carbocycles. The van der Waals surface area contributed by atoms with Gasteiger partial charge in [0.25, 0.3) is 0 Å². The molecule has 1 N–H and O–H groups in total. The van der Waals surface area contributed by atoms with E-state index in [0.717, 1.165) is 89.9 Å². The third kappa shape index (κ3) is 58.5.